The lowest BCUT2D eigenvalue weighted by molar-refractivity contribution is -0.00177. The predicted octanol–water partition coefficient (Wildman–Crippen LogP) is 2.54. The fourth-order valence-electron chi connectivity index (χ4n) is 3.03. The minimum Gasteiger partial charge on any atom is -0.387 e. The van der Waals surface area contributed by atoms with Crippen LogP contribution in [0.25, 0.3) is 16.9 Å². The smallest absolute Gasteiger partial charge is 0.255 e. The second-order valence-electron chi connectivity index (χ2n) is 8.32. The van der Waals surface area contributed by atoms with Gasteiger partial charge in [0.1, 0.15) is 6.17 Å². The van der Waals surface area contributed by atoms with Gasteiger partial charge in [-0.15, -0.1) is 0 Å². The third kappa shape index (κ3) is 4.25. The number of nitrogens with zero attached hydrogens (tertiary/aromatic N) is 4. The van der Waals surface area contributed by atoms with Gasteiger partial charge in [-0.2, -0.15) is 9.78 Å². The molecule has 0 spiro atoms. The Kier molecular flexibility index (Phi) is 5.15. The number of carbonyl (C=O) groups excluding carboxylic acids is 1. The Morgan fingerprint density at radius 3 is 2.77 bits per heavy atom. The van der Waals surface area contributed by atoms with E-state index in [1.807, 2.05) is 13.0 Å². The molecule has 3 aromatic rings. The van der Waals surface area contributed by atoms with Crippen LogP contribution in [0.5, 0.6) is 0 Å². The van der Waals surface area contributed by atoms with Gasteiger partial charge in [-0.1, -0.05) is 0 Å². The molecule has 8 nitrogen and oxygen atoms in total. The van der Waals surface area contributed by atoms with Crippen molar-refractivity contribution in [2.24, 2.45) is 0 Å². The number of fused-ring (bicyclic) bond motifs is 1. The number of rotatable bonds is 7. The molecule has 1 unspecified atom stereocenters. The number of nitrogens with one attached hydrogen (secondary N) is 2. The van der Waals surface area contributed by atoms with Crippen molar-refractivity contribution < 1.29 is 14.3 Å². The molecule has 3 heterocycles. The molecule has 0 saturated heterocycles. The number of aliphatic hydroxyl groups is 1. The molecular formula is C21H25FN6O2. The van der Waals surface area contributed by atoms with Crippen LogP contribution in [0.4, 0.5) is 10.1 Å². The second-order valence-corrected chi connectivity index (χ2v) is 8.32. The average Bonchev–Trinajstić information content (AvgIpc) is 3.41. The molecule has 1 amide bonds. The summed E-state index contributed by atoms with van der Waals surface area (Å²) >= 11 is 0. The van der Waals surface area contributed by atoms with Gasteiger partial charge in [-0.25, -0.2) is 14.4 Å². The van der Waals surface area contributed by atoms with Gasteiger partial charge in [0, 0.05) is 29.9 Å². The predicted molar refractivity (Wildman–Crippen MR) is 112 cm³/mol. The maximum absolute atomic E-state index is 14.0. The highest BCUT2D eigenvalue weighted by Gasteiger charge is 2.28. The van der Waals surface area contributed by atoms with Gasteiger partial charge >= 0.3 is 0 Å². The van der Waals surface area contributed by atoms with E-state index in [4.69, 9.17) is 0 Å². The molecule has 9 heteroatoms. The zero-order chi connectivity index (χ0) is 21.5. The minimum absolute atomic E-state index is 0.292. The molecule has 1 atom stereocenters. The van der Waals surface area contributed by atoms with Gasteiger partial charge < -0.3 is 15.7 Å². The summed E-state index contributed by atoms with van der Waals surface area (Å²) in [6.45, 7) is 4.40. The fraction of sp³-hybridized carbons (Fsp3) is 0.429. The van der Waals surface area contributed by atoms with Crippen LogP contribution in [0.2, 0.25) is 0 Å². The first-order valence-corrected chi connectivity index (χ1v) is 9.94. The van der Waals surface area contributed by atoms with E-state index in [-0.39, 0.29) is 6.54 Å². The third-order valence-electron chi connectivity index (χ3n) is 5.04. The lowest BCUT2D eigenvalue weighted by atomic mass is 10.0. The number of hydrogen-bond donors (Lipinski definition) is 3. The molecule has 3 aromatic heterocycles. The molecule has 1 aliphatic rings. The number of halogens is 1. The van der Waals surface area contributed by atoms with Crippen molar-refractivity contribution in [3.05, 3.63) is 41.9 Å². The summed E-state index contributed by atoms with van der Waals surface area (Å²) in [7, 11) is 0. The molecule has 0 radical (unpaired) electrons. The monoisotopic (exact) mass is 412 g/mol. The Hall–Kier alpha value is -3.07. The molecule has 158 valence electrons. The maximum atomic E-state index is 14.0. The zero-order valence-electron chi connectivity index (χ0n) is 17.2. The fourth-order valence-corrected chi connectivity index (χ4v) is 3.03. The summed E-state index contributed by atoms with van der Waals surface area (Å²) in [5.41, 5.74) is 1.10. The lowest BCUT2D eigenvalue weighted by Crippen LogP contribution is -2.42. The highest BCUT2D eigenvalue weighted by molar-refractivity contribution is 5.99. The standard InChI is InChI=1S/C21H25FN6O2/c1-12-6-13-9-26-28(19(13)24-8-12)18-7-16(27-14-4-5-14)15(10-23-18)20(29)25-11-17(22)21(2,3)30/h6-10,14,17,30H,4-5,11H2,1-3H3,(H,23,27)(H,25,29). The second kappa shape index (κ2) is 7.64. The van der Waals surface area contributed by atoms with Crippen molar-refractivity contribution in [1.82, 2.24) is 25.1 Å². The Morgan fingerprint density at radius 2 is 2.07 bits per heavy atom. The van der Waals surface area contributed by atoms with Crippen molar-refractivity contribution in [2.45, 2.75) is 51.4 Å². The van der Waals surface area contributed by atoms with Crippen LogP contribution in [0.3, 0.4) is 0 Å². The maximum Gasteiger partial charge on any atom is 0.255 e. The molecule has 0 aromatic carbocycles. The van der Waals surface area contributed by atoms with Crippen LogP contribution in [-0.2, 0) is 0 Å². The van der Waals surface area contributed by atoms with Crippen LogP contribution in [0.1, 0.15) is 42.6 Å². The minimum atomic E-state index is -1.58. The quantitative estimate of drug-likeness (QED) is 0.551. The summed E-state index contributed by atoms with van der Waals surface area (Å²) < 4.78 is 15.6. The van der Waals surface area contributed by atoms with Gasteiger partial charge in [0.25, 0.3) is 5.91 Å². The van der Waals surface area contributed by atoms with Crippen LogP contribution in [-0.4, -0.2) is 55.1 Å². The van der Waals surface area contributed by atoms with Crippen molar-refractivity contribution in [3.63, 3.8) is 0 Å². The number of anilines is 1. The number of hydrogen-bond acceptors (Lipinski definition) is 6. The van der Waals surface area contributed by atoms with E-state index in [2.05, 4.69) is 25.7 Å². The van der Waals surface area contributed by atoms with Crippen LogP contribution >= 0.6 is 0 Å². The number of amides is 1. The zero-order valence-corrected chi connectivity index (χ0v) is 17.2. The summed E-state index contributed by atoms with van der Waals surface area (Å²) in [5.74, 6) is 0.0732. The molecule has 1 fully saturated rings. The van der Waals surface area contributed by atoms with Gasteiger partial charge in [0.15, 0.2) is 11.5 Å². The molecule has 1 aliphatic carbocycles. The molecule has 30 heavy (non-hydrogen) atoms. The normalized spacial score (nSPS) is 15.2. The Bertz CT molecular complexity index is 1090. The highest BCUT2D eigenvalue weighted by Crippen LogP contribution is 2.28. The SMILES string of the molecule is Cc1cnc2c(cnn2-c2cc(NC3CC3)c(C(=O)NCC(F)C(C)(C)O)cn2)c1. The first kappa shape index (κ1) is 20.2. The third-order valence-corrected chi connectivity index (χ3v) is 5.04. The van der Waals surface area contributed by atoms with Crippen molar-refractivity contribution in [3.8, 4) is 5.82 Å². The van der Waals surface area contributed by atoms with Crippen LogP contribution < -0.4 is 10.6 Å². The molecule has 0 aliphatic heterocycles. The van der Waals surface area contributed by atoms with E-state index in [1.165, 1.54) is 20.0 Å². The topological polar surface area (TPSA) is 105 Å². The lowest BCUT2D eigenvalue weighted by Gasteiger charge is -2.22. The van der Waals surface area contributed by atoms with E-state index in [0.717, 1.165) is 23.8 Å². The summed E-state index contributed by atoms with van der Waals surface area (Å²) in [5, 5.41) is 20.9. The first-order chi connectivity index (χ1) is 14.2. The first-order valence-electron chi connectivity index (χ1n) is 9.94. The number of carbonyl (C=O) groups is 1. The molecule has 1 saturated carbocycles. The van der Waals surface area contributed by atoms with E-state index < -0.39 is 17.7 Å². The van der Waals surface area contributed by atoms with Crippen molar-refractivity contribution in [1.29, 1.82) is 0 Å². The van der Waals surface area contributed by atoms with Crippen LogP contribution in [0, 0.1) is 6.92 Å². The van der Waals surface area contributed by atoms with Gasteiger partial charge in [-0.05, 0) is 45.2 Å². The van der Waals surface area contributed by atoms with E-state index >= 15 is 0 Å². The van der Waals surface area contributed by atoms with Crippen molar-refractivity contribution in [2.75, 3.05) is 11.9 Å². The highest BCUT2D eigenvalue weighted by atomic mass is 19.1. The molecular weight excluding hydrogens is 387 g/mol. The summed E-state index contributed by atoms with van der Waals surface area (Å²) in [6, 6.07) is 4.05. The summed E-state index contributed by atoms with van der Waals surface area (Å²) in [6.07, 6.45) is 5.41. The number of aryl methyl sites for hydroxylation is 1. The van der Waals surface area contributed by atoms with Gasteiger partial charge in [0.2, 0.25) is 0 Å². The average molecular weight is 412 g/mol. The number of pyridine rings is 2. The number of aromatic nitrogens is 4. The van der Waals surface area contributed by atoms with E-state index in [9.17, 15) is 14.3 Å². The Labute approximate surface area is 173 Å². The van der Waals surface area contributed by atoms with E-state index in [1.54, 1.807) is 23.1 Å². The largest absolute Gasteiger partial charge is 0.387 e. The Morgan fingerprint density at radius 1 is 1.30 bits per heavy atom. The molecule has 3 N–H and O–H groups in total. The molecule has 0 bridgehead atoms. The Balaban J connectivity index is 1.62. The van der Waals surface area contributed by atoms with Gasteiger partial charge in [-0.3, -0.25) is 4.79 Å². The molecule has 4 rings (SSSR count). The summed E-state index contributed by atoms with van der Waals surface area (Å²) in [4.78, 5) is 21.5. The van der Waals surface area contributed by atoms with E-state index in [0.29, 0.717) is 28.8 Å². The van der Waals surface area contributed by atoms with Gasteiger partial charge in [0.05, 0.1) is 29.6 Å². The number of alkyl halides is 1. The van der Waals surface area contributed by atoms with Crippen molar-refractivity contribution >= 4 is 22.6 Å². The van der Waals surface area contributed by atoms with Crippen LogP contribution in [0.15, 0.2) is 30.7 Å².